The van der Waals surface area contributed by atoms with E-state index < -0.39 is 0 Å². The van der Waals surface area contributed by atoms with Gasteiger partial charge in [0.05, 0.1) is 14.2 Å². The van der Waals surface area contributed by atoms with E-state index in [0.717, 1.165) is 5.56 Å². The Morgan fingerprint density at radius 1 is 1.26 bits per heavy atom. The molecular formula is C13H20N2O4. The van der Waals surface area contributed by atoms with Gasteiger partial charge < -0.3 is 25.3 Å². The summed E-state index contributed by atoms with van der Waals surface area (Å²) in [7, 11) is 4.62. The van der Waals surface area contributed by atoms with Crippen LogP contribution < -0.4 is 25.3 Å². The average Bonchev–Trinajstić information content (AvgIpc) is 2.44. The van der Waals surface area contributed by atoms with E-state index in [4.69, 9.17) is 19.9 Å². The van der Waals surface area contributed by atoms with Gasteiger partial charge in [0.2, 0.25) is 5.75 Å². The van der Waals surface area contributed by atoms with Crippen LogP contribution >= 0.6 is 0 Å². The van der Waals surface area contributed by atoms with E-state index in [1.807, 2.05) is 12.1 Å². The Morgan fingerprint density at radius 3 is 2.26 bits per heavy atom. The smallest absolute Gasteiger partial charge is 0.257 e. The van der Waals surface area contributed by atoms with Crippen molar-refractivity contribution < 1.29 is 19.0 Å². The van der Waals surface area contributed by atoms with Crippen LogP contribution in [0.3, 0.4) is 0 Å². The second-order valence-electron chi connectivity index (χ2n) is 3.83. The highest BCUT2D eigenvalue weighted by atomic mass is 16.5. The zero-order valence-electron chi connectivity index (χ0n) is 11.5. The fourth-order valence-electron chi connectivity index (χ4n) is 1.60. The molecule has 1 aromatic carbocycles. The molecule has 0 aromatic heterocycles. The van der Waals surface area contributed by atoms with Crippen LogP contribution in [0.15, 0.2) is 12.1 Å². The predicted octanol–water partition coefficient (Wildman–Crippen LogP) is 0.330. The maximum Gasteiger partial charge on any atom is 0.257 e. The molecule has 0 aliphatic rings. The molecule has 0 saturated carbocycles. The molecule has 19 heavy (non-hydrogen) atoms. The van der Waals surface area contributed by atoms with E-state index in [1.54, 1.807) is 7.05 Å². The summed E-state index contributed by atoms with van der Waals surface area (Å²) in [6.45, 7) is 0.435. The molecule has 6 heteroatoms. The minimum atomic E-state index is -0.227. The van der Waals surface area contributed by atoms with Gasteiger partial charge in [-0.15, -0.1) is 0 Å². The number of carbonyl (C=O) groups excluding carboxylic acids is 1. The van der Waals surface area contributed by atoms with Gasteiger partial charge in [-0.1, -0.05) is 0 Å². The fourth-order valence-corrected chi connectivity index (χ4v) is 1.60. The summed E-state index contributed by atoms with van der Waals surface area (Å²) >= 11 is 0. The van der Waals surface area contributed by atoms with Crippen LogP contribution in [0.5, 0.6) is 17.2 Å². The quantitative estimate of drug-likeness (QED) is 0.744. The highest BCUT2D eigenvalue weighted by Crippen LogP contribution is 2.38. The molecular weight excluding hydrogens is 248 g/mol. The Bertz CT molecular complexity index is 410. The van der Waals surface area contributed by atoms with Crippen molar-refractivity contribution in [2.45, 2.75) is 6.42 Å². The Kier molecular flexibility index (Phi) is 5.95. The molecule has 0 unspecified atom stereocenters. The van der Waals surface area contributed by atoms with Gasteiger partial charge in [-0.3, -0.25) is 4.79 Å². The van der Waals surface area contributed by atoms with Gasteiger partial charge >= 0.3 is 0 Å². The van der Waals surface area contributed by atoms with E-state index in [9.17, 15) is 4.79 Å². The molecule has 0 aliphatic carbocycles. The lowest BCUT2D eigenvalue weighted by molar-refractivity contribution is -0.122. The predicted molar refractivity (Wildman–Crippen MR) is 71.9 cm³/mol. The molecule has 0 atom stereocenters. The number of rotatable bonds is 7. The van der Waals surface area contributed by atoms with Crippen molar-refractivity contribution in [3.8, 4) is 17.2 Å². The van der Waals surface area contributed by atoms with Crippen molar-refractivity contribution in [3.05, 3.63) is 17.7 Å². The molecule has 0 spiro atoms. The highest BCUT2D eigenvalue weighted by molar-refractivity contribution is 5.77. The number of hydrogen-bond donors (Lipinski definition) is 2. The van der Waals surface area contributed by atoms with Gasteiger partial charge in [-0.05, 0) is 30.7 Å². The van der Waals surface area contributed by atoms with E-state index in [-0.39, 0.29) is 12.5 Å². The second kappa shape index (κ2) is 7.48. The number of nitrogens with one attached hydrogen (secondary N) is 1. The van der Waals surface area contributed by atoms with Crippen LogP contribution in [0.2, 0.25) is 0 Å². The Labute approximate surface area is 112 Å². The van der Waals surface area contributed by atoms with Gasteiger partial charge in [0.25, 0.3) is 5.91 Å². The average molecular weight is 268 g/mol. The molecule has 0 saturated heterocycles. The minimum absolute atomic E-state index is 0.0978. The third-order valence-corrected chi connectivity index (χ3v) is 2.58. The van der Waals surface area contributed by atoms with Gasteiger partial charge in [0.15, 0.2) is 18.1 Å². The third kappa shape index (κ3) is 4.03. The van der Waals surface area contributed by atoms with Gasteiger partial charge in [-0.2, -0.15) is 0 Å². The number of amides is 1. The molecule has 6 nitrogen and oxygen atoms in total. The lowest BCUT2D eigenvalue weighted by Gasteiger charge is -2.15. The van der Waals surface area contributed by atoms with Gasteiger partial charge in [0, 0.05) is 7.05 Å². The van der Waals surface area contributed by atoms with Crippen molar-refractivity contribution in [1.29, 1.82) is 0 Å². The zero-order chi connectivity index (χ0) is 14.3. The molecule has 1 aromatic rings. The molecule has 0 radical (unpaired) electrons. The summed E-state index contributed by atoms with van der Waals surface area (Å²) in [5.74, 6) is 1.22. The first kappa shape index (κ1) is 15.1. The topological polar surface area (TPSA) is 82.8 Å². The number of carbonyl (C=O) groups is 1. The maximum atomic E-state index is 11.2. The van der Waals surface area contributed by atoms with Crippen molar-refractivity contribution in [3.63, 3.8) is 0 Å². The monoisotopic (exact) mass is 268 g/mol. The van der Waals surface area contributed by atoms with Crippen molar-refractivity contribution in [2.75, 3.05) is 34.4 Å². The van der Waals surface area contributed by atoms with Crippen molar-refractivity contribution >= 4 is 5.91 Å². The van der Waals surface area contributed by atoms with Crippen LogP contribution in [0.4, 0.5) is 0 Å². The van der Waals surface area contributed by atoms with Gasteiger partial charge in [0.1, 0.15) is 0 Å². The standard InChI is InChI=1S/C13H20N2O4/c1-15-12(16)8-19-13-10(17-2)6-9(4-5-14)7-11(13)18-3/h6-7H,4-5,8,14H2,1-3H3,(H,15,16). The summed E-state index contributed by atoms with van der Waals surface area (Å²) in [6.07, 6.45) is 0.711. The first-order valence-electron chi connectivity index (χ1n) is 5.94. The lowest BCUT2D eigenvalue weighted by atomic mass is 10.1. The number of methoxy groups -OCH3 is 2. The number of nitrogens with two attached hydrogens (primary N) is 1. The Morgan fingerprint density at radius 2 is 1.84 bits per heavy atom. The third-order valence-electron chi connectivity index (χ3n) is 2.58. The summed E-state index contributed by atoms with van der Waals surface area (Å²) in [5.41, 5.74) is 6.52. The molecule has 0 aliphatic heterocycles. The molecule has 1 rings (SSSR count). The largest absolute Gasteiger partial charge is 0.493 e. The SMILES string of the molecule is CNC(=O)COc1c(OC)cc(CCN)cc1OC. The molecule has 0 bridgehead atoms. The minimum Gasteiger partial charge on any atom is -0.493 e. The molecule has 106 valence electrons. The number of ether oxygens (including phenoxy) is 3. The van der Waals surface area contributed by atoms with Crippen LogP contribution in [0.1, 0.15) is 5.56 Å². The second-order valence-corrected chi connectivity index (χ2v) is 3.83. The highest BCUT2D eigenvalue weighted by Gasteiger charge is 2.15. The van der Waals surface area contributed by atoms with Crippen molar-refractivity contribution in [2.24, 2.45) is 5.73 Å². The van der Waals surface area contributed by atoms with E-state index >= 15 is 0 Å². The van der Waals surface area contributed by atoms with E-state index in [2.05, 4.69) is 5.32 Å². The first-order valence-corrected chi connectivity index (χ1v) is 5.94. The number of benzene rings is 1. The van der Waals surface area contributed by atoms with Crippen LogP contribution in [-0.2, 0) is 11.2 Å². The fraction of sp³-hybridized carbons (Fsp3) is 0.462. The summed E-state index contributed by atoms with van der Waals surface area (Å²) in [6, 6.07) is 3.66. The Balaban J connectivity index is 3.02. The lowest BCUT2D eigenvalue weighted by Crippen LogP contribution is -2.25. The van der Waals surface area contributed by atoms with Crippen LogP contribution in [-0.4, -0.2) is 40.3 Å². The maximum absolute atomic E-state index is 11.2. The first-order chi connectivity index (χ1) is 9.15. The van der Waals surface area contributed by atoms with Gasteiger partial charge in [-0.25, -0.2) is 0 Å². The molecule has 0 heterocycles. The Hall–Kier alpha value is -1.95. The van der Waals surface area contributed by atoms with Crippen LogP contribution in [0, 0.1) is 0 Å². The zero-order valence-corrected chi connectivity index (χ0v) is 11.5. The van der Waals surface area contributed by atoms with E-state index in [1.165, 1.54) is 14.2 Å². The summed E-state index contributed by atoms with van der Waals surface area (Å²) in [4.78, 5) is 11.2. The van der Waals surface area contributed by atoms with E-state index in [0.29, 0.717) is 30.2 Å². The normalized spacial score (nSPS) is 9.89. The van der Waals surface area contributed by atoms with Crippen molar-refractivity contribution in [1.82, 2.24) is 5.32 Å². The molecule has 1 amide bonds. The number of hydrogen-bond acceptors (Lipinski definition) is 5. The van der Waals surface area contributed by atoms with Crippen LogP contribution in [0.25, 0.3) is 0 Å². The summed E-state index contributed by atoms with van der Waals surface area (Å²) < 4.78 is 16.0. The molecule has 3 N–H and O–H groups in total. The summed E-state index contributed by atoms with van der Waals surface area (Å²) in [5, 5.41) is 2.48. The molecule has 0 fully saturated rings. The number of likely N-dealkylation sites (N-methyl/N-ethyl adjacent to an activating group) is 1.